The Kier molecular flexibility index (Phi) is 2.69. The molecule has 0 amide bonds. The Labute approximate surface area is 76.6 Å². The lowest BCUT2D eigenvalue weighted by Gasteiger charge is -2.13. The topological polar surface area (TPSA) is 53.6 Å². The summed E-state index contributed by atoms with van der Waals surface area (Å²) < 4.78 is 1.88. The highest BCUT2D eigenvalue weighted by Gasteiger charge is 2.10. The maximum atomic E-state index is 8.54. The van der Waals surface area contributed by atoms with Gasteiger partial charge in [-0.15, -0.1) is 12.4 Å². The van der Waals surface area contributed by atoms with Gasteiger partial charge in [0.05, 0.1) is 12.2 Å². The van der Waals surface area contributed by atoms with E-state index in [0.29, 0.717) is 5.69 Å². The Morgan fingerprint density at radius 3 is 3.17 bits per heavy atom. The zero-order valence-electron chi connectivity index (χ0n) is 6.45. The van der Waals surface area contributed by atoms with Gasteiger partial charge in [-0.2, -0.15) is 10.4 Å². The van der Waals surface area contributed by atoms with E-state index < -0.39 is 0 Å². The van der Waals surface area contributed by atoms with Crippen molar-refractivity contribution < 1.29 is 0 Å². The quantitative estimate of drug-likeness (QED) is 0.630. The third-order valence-corrected chi connectivity index (χ3v) is 1.78. The van der Waals surface area contributed by atoms with Gasteiger partial charge in [-0.05, 0) is 6.07 Å². The zero-order valence-corrected chi connectivity index (χ0v) is 7.27. The molecule has 0 aliphatic carbocycles. The van der Waals surface area contributed by atoms with Gasteiger partial charge in [0.1, 0.15) is 6.07 Å². The van der Waals surface area contributed by atoms with Crippen LogP contribution in [0.1, 0.15) is 11.4 Å². The van der Waals surface area contributed by atoms with Crippen molar-refractivity contribution in [1.82, 2.24) is 15.1 Å². The number of rotatable bonds is 0. The van der Waals surface area contributed by atoms with Crippen molar-refractivity contribution in [2.45, 2.75) is 13.1 Å². The summed E-state index contributed by atoms with van der Waals surface area (Å²) in [5, 5.41) is 15.8. The van der Waals surface area contributed by atoms with E-state index in [4.69, 9.17) is 5.26 Å². The number of nitriles is 1. The van der Waals surface area contributed by atoms with Gasteiger partial charge < -0.3 is 5.32 Å². The van der Waals surface area contributed by atoms with Crippen LogP contribution in [0, 0.1) is 11.3 Å². The summed E-state index contributed by atoms with van der Waals surface area (Å²) in [4.78, 5) is 0. The monoisotopic (exact) mass is 184 g/mol. The first kappa shape index (κ1) is 9.04. The number of aromatic nitrogens is 2. The fourth-order valence-electron chi connectivity index (χ4n) is 1.25. The van der Waals surface area contributed by atoms with Crippen LogP contribution in [0.25, 0.3) is 0 Å². The molecule has 1 aromatic heterocycles. The van der Waals surface area contributed by atoms with Gasteiger partial charge in [0.15, 0.2) is 5.69 Å². The number of hydrogen-bond acceptors (Lipinski definition) is 3. The average Bonchev–Trinajstić information content (AvgIpc) is 2.46. The molecule has 0 unspecified atom stereocenters. The summed E-state index contributed by atoms with van der Waals surface area (Å²) >= 11 is 0. The molecular weight excluding hydrogens is 176 g/mol. The lowest BCUT2D eigenvalue weighted by Crippen LogP contribution is -2.28. The molecule has 4 nitrogen and oxygen atoms in total. The van der Waals surface area contributed by atoms with Crippen molar-refractivity contribution >= 4 is 12.4 Å². The standard InChI is InChI=1S/C7H8N4.ClH/c8-4-6-3-7-5-9-1-2-11(7)10-6;/h3,9H,1-2,5H2;1H. The number of nitrogens with one attached hydrogen (secondary N) is 1. The minimum atomic E-state index is 0. The molecule has 0 aromatic carbocycles. The lowest BCUT2D eigenvalue weighted by molar-refractivity contribution is 0.475. The summed E-state index contributed by atoms with van der Waals surface area (Å²) in [6, 6.07) is 3.85. The van der Waals surface area contributed by atoms with E-state index in [1.165, 1.54) is 0 Å². The van der Waals surface area contributed by atoms with Crippen molar-refractivity contribution in [3.63, 3.8) is 0 Å². The number of hydrogen-bond donors (Lipinski definition) is 1. The molecule has 5 heteroatoms. The highest BCUT2D eigenvalue weighted by Crippen LogP contribution is 2.05. The van der Waals surface area contributed by atoms with Crippen LogP contribution >= 0.6 is 12.4 Å². The first-order valence-electron chi connectivity index (χ1n) is 3.58. The second-order valence-corrected chi connectivity index (χ2v) is 2.53. The smallest absolute Gasteiger partial charge is 0.162 e. The highest BCUT2D eigenvalue weighted by atomic mass is 35.5. The van der Waals surface area contributed by atoms with Gasteiger partial charge in [0.2, 0.25) is 0 Å². The molecule has 1 aromatic rings. The second-order valence-electron chi connectivity index (χ2n) is 2.53. The first-order chi connectivity index (χ1) is 5.40. The molecule has 0 bridgehead atoms. The predicted octanol–water partition coefficient (Wildman–Crippen LogP) is 0.280. The third kappa shape index (κ3) is 1.42. The van der Waals surface area contributed by atoms with E-state index in [9.17, 15) is 0 Å². The summed E-state index contributed by atoms with van der Waals surface area (Å²) in [5.74, 6) is 0. The van der Waals surface area contributed by atoms with Crippen LogP contribution in [0.4, 0.5) is 0 Å². The van der Waals surface area contributed by atoms with Crippen LogP contribution in [0.2, 0.25) is 0 Å². The Hall–Kier alpha value is -1.05. The predicted molar refractivity (Wildman–Crippen MR) is 45.9 cm³/mol. The van der Waals surface area contributed by atoms with E-state index in [0.717, 1.165) is 25.3 Å². The molecule has 1 aliphatic rings. The molecule has 12 heavy (non-hydrogen) atoms. The zero-order chi connectivity index (χ0) is 7.68. The maximum absolute atomic E-state index is 8.54. The van der Waals surface area contributed by atoms with Crippen LogP contribution in [0.15, 0.2) is 6.07 Å². The highest BCUT2D eigenvalue weighted by molar-refractivity contribution is 5.85. The molecule has 0 spiro atoms. The average molecular weight is 185 g/mol. The molecule has 2 heterocycles. The van der Waals surface area contributed by atoms with Crippen LogP contribution < -0.4 is 5.32 Å². The van der Waals surface area contributed by atoms with Crippen molar-refractivity contribution in [2.75, 3.05) is 6.54 Å². The van der Waals surface area contributed by atoms with E-state index in [-0.39, 0.29) is 12.4 Å². The molecule has 0 fully saturated rings. The second kappa shape index (κ2) is 3.57. The fourth-order valence-corrected chi connectivity index (χ4v) is 1.25. The molecule has 0 saturated heterocycles. The fraction of sp³-hybridized carbons (Fsp3) is 0.429. The molecule has 2 rings (SSSR count). The summed E-state index contributed by atoms with van der Waals surface area (Å²) in [5.41, 5.74) is 1.62. The third-order valence-electron chi connectivity index (χ3n) is 1.78. The summed E-state index contributed by atoms with van der Waals surface area (Å²) in [7, 11) is 0. The molecule has 0 radical (unpaired) electrons. The van der Waals surface area contributed by atoms with E-state index in [1.807, 2.05) is 16.8 Å². The summed E-state index contributed by atoms with van der Waals surface area (Å²) in [6.07, 6.45) is 0. The van der Waals surface area contributed by atoms with Gasteiger partial charge >= 0.3 is 0 Å². The van der Waals surface area contributed by atoms with Gasteiger partial charge in [0.25, 0.3) is 0 Å². The maximum Gasteiger partial charge on any atom is 0.162 e. The summed E-state index contributed by atoms with van der Waals surface area (Å²) in [6.45, 7) is 2.64. The van der Waals surface area contributed by atoms with E-state index in [2.05, 4.69) is 10.4 Å². The minimum absolute atomic E-state index is 0. The van der Waals surface area contributed by atoms with Gasteiger partial charge in [-0.3, -0.25) is 4.68 Å². The largest absolute Gasteiger partial charge is 0.309 e. The molecule has 0 saturated carbocycles. The van der Waals surface area contributed by atoms with Gasteiger partial charge in [-0.25, -0.2) is 0 Å². The van der Waals surface area contributed by atoms with Gasteiger partial charge in [-0.1, -0.05) is 0 Å². The normalized spacial score (nSPS) is 14.2. The minimum Gasteiger partial charge on any atom is -0.309 e. The first-order valence-corrected chi connectivity index (χ1v) is 3.58. The Bertz CT molecular complexity index is 288. The van der Waals surface area contributed by atoms with Crippen LogP contribution in [-0.2, 0) is 13.1 Å². The SMILES string of the molecule is Cl.N#Cc1cc2n(n1)CCNC2. The number of fused-ring (bicyclic) bond motifs is 1. The molecule has 1 N–H and O–H groups in total. The van der Waals surface area contributed by atoms with E-state index >= 15 is 0 Å². The van der Waals surface area contributed by atoms with Crippen LogP contribution in [0.3, 0.4) is 0 Å². The van der Waals surface area contributed by atoms with Crippen molar-refractivity contribution in [1.29, 1.82) is 5.26 Å². The molecular formula is C7H9ClN4. The molecule has 0 atom stereocenters. The molecule has 64 valence electrons. The van der Waals surface area contributed by atoms with Crippen molar-refractivity contribution in [3.8, 4) is 6.07 Å². The van der Waals surface area contributed by atoms with Crippen LogP contribution in [0.5, 0.6) is 0 Å². The number of nitrogens with zero attached hydrogens (tertiary/aromatic N) is 3. The molecule has 1 aliphatic heterocycles. The van der Waals surface area contributed by atoms with E-state index in [1.54, 1.807) is 0 Å². The van der Waals surface area contributed by atoms with Gasteiger partial charge in [0, 0.05) is 13.1 Å². The van der Waals surface area contributed by atoms with Crippen LogP contribution in [-0.4, -0.2) is 16.3 Å². The Morgan fingerprint density at radius 2 is 2.50 bits per heavy atom. The van der Waals surface area contributed by atoms with Crippen molar-refractivity contribution in [2.24, 2.45) is 0 Å². The Morgan fingerprint density at radius 1 is 1.67 bits per heavy atom. The Balaban J connectivity index is 0.000000720. The lowest BCUT2D eigenvalue weighted by atomic mass is 10.3. The number of halogens is 1. The van der Waals surface area contributed by atoms with Crippen molar-refractivity contribution in [3.05, 3.63) is 17.5 Å².